The minimum absolute atomic E-state index is 0.0635. The number of rotatable bonds is 10. The van der Waals surface area contributed by atoms with Gasteiger partial charge in [0.1, 0.15) is 6.54 Å². The maximum absolute atomic E-state index is 12.4. The smallest absolute Gasteiger partial charge is 0.406 e. The lowest BCUT2D eigenvalue weighted by molar-refractivity contribution is -0.159. The zero-order chi connectivity index (χ0) is 15.6. The molecular formula is C11H18F3NO4S. The number of thioether (sulfide) groups is 1. The van der Waals surface area contributed by atoms with E-state index in [-0.39, 0.29) is 24.7 Å². The molecule has 5 nitrogen and oxygen atoms in total. The zero-order valence-electron chi connectivity index (χ0n) is 11.1. The molecule has 0 heterocycles. The molecule has 0 fully saturated rings. The van der Waals surface area contributed by atoms with Crippen LogP contribution in [0.1, 0.15) is 13.3 Å². The number of carbonyl (C=O) groups is 2. The third-order valence-corrected chi connectivity index (χ3v) is 3.00. The molecule has 118 valence electrons. The summed E-state index contributed by atoms with van der Waals surface area (Å²) >= 11 is 0.778. The minimum Gasteiger partial charge on any atom is -0.481 e. The van der Waals surface area contributed by atoms with Gasteiger partial charge in [-0.15, -0.1) is 11.8 Å². The zero-order valence-corrected chi connectivity index (χ0v) is 11.9. The molecule has 0 aliphatic rings. The van der Waals surface area contributed by atoms with Crippen molar-refractivity contribution in [2.24, 2.45) is 0 Å². The molecule has 0 saturated heterocycles. The van der Waals surface area contributed by atoms with Crippen LogP contribution in [-0.2, 0) is 14.3 Å². The van der Waals surface area contributed by atoms with E-state index in [0.29, 0.717) is 17.9 Å². The van der Waals surface area contributed by atoms with Crippen molar-refractivity contribution in [1.82, 2.24) is 4.90 Å². The molecule has 0 spiro atoms. The first kappa shape index (κ1) is 19.0. The second-order valence-electron chi connectivity index (χ2n) is 3.87. The van der Waals surface area contributed by atoms with Gasteiger partial charge in [0, 0.05) is 19.8 Å². The molecule has 20 heavy (non-hydrogen) atoms. The molecule has 0 bridgehead atoms. The summed E-state index contributed by atoms with van der Waals surface area (Å²) in [5.41, 5.74) is 0. The van der Waals surface area contributed by atoms with E-state index in [1.54, 1.807) is 6.92 Å². The molecule has 9 heteroatoms. The van der Waals surface area contributed by atoms with Crippen LogP contribution in [0.15, 0.2) is 0 Å². The Bertz CT molecular complexity index is 313. The van der Waals surface area contributed by atoms with E-state index in [9.17, 15) is 22.8 Å². The Morgan fingerprint density at radius 2 is 1.95 bits per heavy atom. The predicted molar refractivity (Wildman–Crippen MR) is 68.7 cm³/mol. The topological polar surface area (TPSA) is 66.8 Å². The third-order valence-electron chi connectivity index (χ3n) is 2.09. The van der Waals surface area contributed by atoms with Crippen molar-refractivity contribution in [3.8, 4) is 0 Å². The summed E-state index contributed by atoms with van der Waals surface area (Å²) in [4.78, 5) is 22.6. The fourth-order valence-electron chi connectivity index (χ4n) is 1.33. The van der Waals surface area contributed by atoms with Crippen LogP contribution in [-0.4, -0.2) is 65.9 Å². The van der Waals surface area contributed by atoms with Crippen LogP contribution in [0.2, 0.25) is 0 Å². The molecule has 0 aliphatic carbocycles. The largest absolute Gasteiger partial charge is 0.481 e. The number of amides is 1. The Labute approximate surface area is 119 Å². The van der Waals surface area contributed by atoms with Crippen molar-refractivity contribution >= 4 is 23.6 Å². The molecule has 0 rings (SSSR count). The SMILES string of the molecule is CCOCCCN(CC(F)(F)F)C(=O)CSCC(=O)O. The Hall–Kier alpha value is -0.960. The number of carboxylic acid groups (broad SMARTS) is 1. The van der Waals surface area contributed by atoms with Crippen LogP contribution < -0.4 is 0 Å². The number of carbonyl (C=O) groups excluding carboxylic acids is 1. The molecule has 1 amide bonds. The molecular weight excluding hydrogens is 299 g/mol. The van der Waals surface area contributed by atoms with Gasteiger partial charge in [-0.25, -0.2) is 0 Å². The van der Waals surface area contributed by atoms with E-state index in [1.807, 2.05) is 0 Å². The lowest BCUT2D eigenvalue weighted by atomic mass is 10.3. The van der Waals surface area contributed by atoms with Crippen molar-refractivity contribution < 1.29 is 32.6 Å². The highest BCUT2D eigenvalue weighted by Crippen LogP contribution is 2.17. The summed E-state index contributed by atoms with van der Waals surface area (Å²) in [6.45, 7) is 1.11. The van der Waals surface area contributed by atoms with E-state index < -0.39 is 24.6 Å². The van der Waals surface area contributed by atoms with Gasteiger partial charge < -0.3 is 14.7 Å². The van der Waals surface area contributed by atoms with Crippen molar-refractivity contribution in [1.29, 1.82) is 0 Å². The number of nitrogens with zero attached hydrogens (tertiary/aromatic N) is 1. The second kappa shape index (κ2) is 9.87. The highest BCUT2D eigenvalue weighted by atomic mass is 32.2. The molecule has 0 aromatic heterocycles. The fraction of sp³-hybridized carbons (Fsp3) is 0.818. The lowest BCUT2D eigenvalue weighted by Crippen LogP contribution is -2.41. The molecule has 0 radical (unpaired) electrons. The molecule has 0 unspecified atom stereocenters. The standard InChI is InChI=1S/C11H18F3NO4S/c1-2-19-5-3-4-15(8-11(12,13)14)9(16)6-20-7-10(17)18/h2-8H2,1H3,(H,17,18). The van der Waals surface area contributed by atoms with Crippen LogP contribution in [0.4, 0.5) is 13.2 Å². The number of carboxylic acids is 1. The quantitative estimate of drug-likeness (QED) is 0.620. The van der Waals surface area contributed by atoms with Crippen molar-refractivity contribution in [3.63, 3.8) is 0 Å². The summed E-state index contributed by atoms with van der Waals surface area (Å²) in [5, 5.41) is 8.41. The number of hydrogen-bond donors (Lipinski definition) is 1. The number of alkyl halides is 3. The number of halogens is 3. The number of hydrogen-bond acceptors (Lipinski definition) is 4. The van der Waals surface area contributed by atoms with Crippen molar-refractivity contribution in [2.75, 3.05) is 37.8 Å². The first-order chi connectivity index (χ1) is 9.26. The van der Waals surface area contributed by atoms with E-state index in [1.165, 1.54) is 0 Å². The van der Waals surface area contributed by atoms with E-state index in [2.05, 4.69) is 0 Å². The first-order valence-corrected chi connectivity index (χ1v) is 7.13. The summed E-state index contributed by atoms with van der Waals surface area (Å²) in [7, 11) is 0. The predicted octanol–water partition coefficient (Wildman–Crippen LogP) is 1.62. The molecule has 0 aromatic rings. The number of ether oxygens (including phenoxy) is 1. The summed E-state index contributed by atoms with van der Waals surface area (Å²) < 4.78 is 42.1. The van der Waals surface area contributed by atoms with Crippen molar-refractivity contribution in [2.45, 2.75) is 19.5 Å². The maximum Gasteiger partial charge on any atom is 0.406 e. The van der Waals surface area contributed by atoms with Gasteiger partial charge in [0.15, 0.2) is 0 Å². The normalized spacial score (nSPS) is 11.4. The highest BCUT2D eigenvalue weighted by molar-refractivity contribution is 8.00. The molecule has 0 atom stereocenters. The van der Waals surface area contributed by atoms with Crippen LogP contribution in [0, 0.1) is 0 Å². The van der Waals surface area contributed by atoms with Gasteiger partial charge in [-0.3, -0.25) is 9.59 Å². The van der Waals surface area contributed by atoms with Crippen molar-refractivity contribution in [3.05, 3.63) is 0 Å². The first-order valence-electron chi connectivity index (χ1n) is 5.98. The number of aliphatic carboxylic acids is 1. The Morgan fingerprint density at radius 1 is 1.30 bits per heavy atom. The Balaban J connectivity index is 4.27. The monoisotopic (exact) mass is 317 g/mol. The highest BCUT2D eigenvalue weighted by Gasteiger charge is 2.32. The van der Waals surface area contributed by atoms with Gasteiger partial charge in [0.2, 0.25) is 5.91 Å². The molecule has 1 N–H and O–H groups in total. The van der Waals surface area contributed by atoms with E-state index >= 15 is 0 Å². The maximum atomic E-state index is 12.4. The van der Waals surface area contributed by atoms with E-state index in [4.69, 9.17) is 9.84 Å². The van der Waals surface area contributed by atoms with E-state index in [0.717, 1.165) is 11.8 Å². The average molecular weight is 317 g/mol. The lowest BCUT2D eigenvalue weighted by Gasteiger charge is -2.23. The van der Waals surface area contributed by atoms with Gasteiger partial charge >= 0.3 is 12.1 Å². The van der Waals surface area contributed by atoms with Crippen LogP contribution in [0.3, 0.4) is 0 Å². The summed E-state index contributed by atoms with van der Waals surface area (Å²) in [6.07, 6.45) is -4.17. The minimum atomic E-state index is -4.47. The second-order valence-corrected chi connectivity index (χ2v) is 4.85. The van der Waals surface area contributed by atoms with Gasteiger partial charge in [-0.2, -0.15) is 13.2 Å². The van der Waals surface area contributed by atoms with Crippen LogP contribution >= 0.6 is 11.8 Å². The van der Waals surface area contributed by atoms with Gasteiger partial charge in [-0.05, 0) is 13.3 Å². The third kappa shape index (κ3) is 10.9. The molecule has 0 aliphatic heterocycles. The Kier molecular flexibility index (Phi) is 9.39. The summed E-state index contributed by atoms with van der Waals surface area (Å²) in [5.74, 6) is -2.42. The molecule has 0 aromatic carbocycles. The summed E-state index contributed by atoms with van der Waals surface area (Å²) in [6, 6.07) is 0. The fourth-order valence-corrected chi connectivity index (χ4v) is 1.96. The molecule has 0 saturated carbocycles. The average Bonchev–Trinajstić information content (AvgIpc) is 2.31. The van der Waals surface area contributed by atoms with Gasteiger partial charge in [-0.1, -0.05) is 0 Å². The van der Waals surface area contributed by atoms with Gasteiger partial charge in [0.05, 0.1) is 11.5 Å². The van der Waals surface area contributed by atoms with Crippen LogP contribution in [0.25, 0.3) is 0 Å². The Morgan fingerprint density at radius 3 is 2.45 bits per heavy atom. The van der Waals surface area contributed by atoms with Crippen LogP contribution in [0.5, 0.6) is 0 Å². The van der Waals surface area contributed by atoms with Gasteiger partial charge in [0.25, 0.3) is 0 Å².